The molecule has 0 aliphatic heterocycles. The molecule has 0 radical (unpaired) electrons. The van der Waals surface area contributed by atoms with Crippen LogP contribution in [0.15, 0.2) is 67.5 Å². The van der Waals surface area contributed by atoms with Gasteiger partial charge in [-0.15, -0.1) is 0 Å². The number of aliphatic hydroxyl groups is 1. The molecule has 1 aromatic carbocycles. The van der Waals surface area contributed by atoms with Gasteiger partial charge in [0.25, 0.3) is 0 Å². The summed E-state index contributed by atoms with van der Waals surface area (Å²) < 4.78 is 1.86. The van der Waals surface area contributed by atoms with Crippen molar-refractivity contribution in [2.45, 2.75) is 12.6 Å². The van der Waals surface area contributed by atoms with Crippen LogP contribution in [0.25, 0.3) is 11.1 Å². The van der Waals surface area contributed by atoms with Crippen LogP contribution in [-0.4, -0.2) is 19.6 Å². The van der Waals surface area contributed by atoms with Crippen molar-refractivity contribution in [3.8, 4) is 11.1 Å². The first-order valence-electron chi connectivity index (χ1n) is 6.47. The standard InChI is InChI=1S/C16H15N3O/c20-16(11-19-10-9-18-12-19)15-3-1-13(2-4-15)14-5-7-17-8-6-14/h1-10,12,16,20H,11H2. The maximum Gasteiger partial charge on any atom is 0.0969 e. The number of pyridine rings is 1. The summed E-state index contributed by atoms with van der Waals surface area (Å²) >= 11 is 0. The summed E-state index contributed by atoms with van der Waals surface area (Å²) in [4.78, 5) is 7.98. The lowest BCUT2D eigenvalue weighted by atomic mass is 10.0. The molecule has 20 heavy (non-hydrogen) atoms. The van der Waals surface area contributed by atoms with Gasteiger partial charge >= 0.3 is 0 Å². The third-order valence-corrected chi connectivity index (χ3v) is 3.25. The van der Waals surface area contributed by atoms with E-state index in [-0.39, 0.29) is 0 Å². The zero-order valence-electron chi connectivity index (χ0n) is 10.9. The van der Waals surface area contributed by atoms with E-state index in [9.17, 15) is 5.11 Å². The largest absolute Gasteiger partial charge is 0.387 e. The summed E-state index contributed by atoms with van der Waals surface area (Å²) in [6.07, 6.45) is 8.27. The number of aromatic nitrogens is 3. The second-order valence-corrected chi connectivity index (χ2v) is 4.63. The molecule has 4 nitrogen and oxygen atoms in total. The minimum absolute atomic E-state index is 0.509. The molecule has 0 saturated carbocycles. The molecule has 1 N–H and O–H groups in total. The Balaban J connectivity index is 1.76. The highest BCUT2D eigenvalue weighted by atomic mass is 16.3. The van der Waals surface area contributed by atoms with Gasteiger partial charge in [0.1, 0.15) is 0 Å². The van der Waals surface area contributed by atoms with Crippen molar-refractivity contribution < 1.29 is 5.11 Å². The normalized spacial score (nSPS) is 12.2. The lowest BCUT2D eigenvalue weighted by molar-refractivity contribution is 0.156. The molecule has 0 spiro atoms. The van der Waals surface area contributed by atoms with Crippen LogP contribution in [0.1, 0.15) is 11.7 Å². The van der Waals surface area contributed by atoms with Gasteiger partial charge in [0.2, 0.25) is 0 Å². The molecule has 0 fully saturated rings. The first-order chi connectivity index (χ1) is 9.83. The highest BCUT2D eigenvalue weighted by molar-refractivity contribution is 5.62. The summed E-state index contributed by atoms with van der Waals surface area (Å²) in [5.74, 6) is 0. The fourth-order valence-corrected chi connectivity index (χ4v) is 2.14. The molecule has 3 aromatic rings. The van der Waals surface area contributed by atoms with E-state index in [1.54, 1.807) is 24.9 Å². The predicted octanol–water partition coefficient (Wildman–Crippen LogP) is 2.68. The summed E-state index contributed by atoms with van der Waals surface area (Å²) in [6.45, 7) is 0.509. The molecule has 3 rings (SSSR count). The second kappa shape index (κ2) is 5.67. The third-order valence-electron chi connectivity index (χ3n) is 3.25. The first-order valence-corrected chi connectivity index (χ1v) is 6.47. The lowest BCUT2D eigenvalue weighted by Gasteiger charge is -2.12. The fraction of sp³-hybridized carbons (Fsp3) is 0.125. The van der Waals surface area contributed by atoms with Crippen LogP contribution in [-0.2, 0) is 6.54 Å². The SMILES string of the molecule is OC(Cn1ccnc1)c1ccc(-c2ccncc2)cc1. The smallest absolute Gasteiger partial charge is 0.0969 e. The van der Waals surface area contributed by atoms with E-state index in [1.807, 2.05) is 47.2 Å². The minimum atomic E-state index is -0.532. The van der Waals surface area contributed by atoms with Crippen molar-refractivity contribution in [3.05, 3.63) is 73.1 Å². The van der Waals surface area contributed by atoms with Crippen molar-refractivity contribution in [2.75, 3.05) is 0 Å². The quantitative estimate of drug-likeness (QED) is 0.789. The average Bonchev–Trinajstić information content (AvgIpc) is 3.01. The van der Waals surface area contributed by atoms with Crippen molar-refractivity contribution in [1.82, 2.24) is 14.5 Å². The monoisotopic (exact) mass is 265 g/mol. The lowest BCUT2D eigenvalue weighted by Crippen LogP contribution is -2.06. The maximum atomic E-state index is 10.2. The van der Waals surface area contributed by atoms with Gasteiger partial charge in [0.15, 0.2) is 0 Å². The summed E-state index contributed by atoms with van der Waals surface area (Å²) in [5, 5.41) is 10.2. The Bertz CT molecular complexity index is 648. The van der Waals surface area contributed by atoms with Crippen LogP contribution in [0.5, 0.6) is 0 Å². The number of nitrogens with zero attached hydrogens (tertiary/aromatic N) is 3. The molecule has 0 saturated heterocycles. The van der Waals surface area contributed by atoms with E-state index in [0.29, 0.717) is 6.54 Å². The van der Waals surface area contributed by atoms with Gasteiger partial charge in [0.05, 0.1) is 19.0 Å². The second-order valence-electron chi connectivity index (χ2n) is 4.63. The molecule has 4 heteroatoms. The third kappa shape index (κ3) is 2.75. The fourth-order valence-electron chi connectivity index (χ4n) is 2.14. The number of hydrogen-bond acceptors (Lipinski definition) is 3. The van der Waals surface area contributed by atoms with E-state index >= 15 is 0 Å². The van der Waals surface area contributed by atoms with E-state index in [4.69, 9.17) is 0 Å². The minimum Gasteiger partial charge on any atom is -0.387 e. The van der Waals surface area contributed by atoms with E-state index in [0.717, 1.165) is 16.7 Å². The number of aliphatic hydroxyl groups excluding tert-OH is 1. The van der Waals surface area contributed by atoms with Crippen LogP contribution in [0.3, 0.4) is 0 Å². The summed E-state index contributed by atoms with van der Waals surface area (Å²) in [5.41, 5.74) is 3.14. The average molecular weight is 265 g/mol. The van der Waals surface area contributed by atoms with Crippen LogP contribution >= 0.6 is 0 Å². The molecule has 0 bridgehead atoms. The Hall–Kier alpha value is -2.46. The first kappa shape index (κ1) is 12.6. The van der Waals surface area contributed by atoms with Gasteiger partial charge in [-0.05, 0) is 28.8 Å². The highest BCUT2D eigenvalue weighted by Crippen LogP contribution is 2.22. The molecule has 0 aliphatic rings. The van der Waals surface area contributed by atoms with E-state index in [1.165, 1.54) is 0 Å². The van der Waals surface area contributed by atoms with Crippen molar-refractivity contribution >= 4 is 0 Å². The van der Waals surface area contributed by atoms with Gasteiger partial charge in [-0.1, -0.05) is 24.3 Å². The van der Waals surface area contributed by atoms with Crippen molar-refractivity contribution in [3.63, 3.8) is 0 Å². The number of benzene rings is 1. The summed E-state index contributed by atoms with van der Waals surface area (Å²) in [6, 6.07) is 11.9. The van der Waals surface area contributed by atoms with Crippen LogP contribution in [0, 0.1) is 0 Å². The number of imidazole rings is 1. The van der Waals surface area contributed by atoms with Crippen LogP contribution in [0.2, 0.25) is 0 Å². The maximum absolute atomic E-state index is 10.2. The molecule has 1 unspecified atom stereocenters. The van der Waals surface area contributed by atoms with Gasteiger partial charge < -0.3 is 9.67 Å². The Labute approximate surface area is 117 Å². The van der Waals surface area contributed by atoms with Gasteiger partial charge in [0, 0.05) is 24.8 Å². The van der Waals surface area contributed by atoms with Crippen LogP contribution in [0.4, 0.5) is 0 Å². The van der Waals surface area contributed by atoms with Crippen molar-refractivity contribution in [1.29, 1.82) is 0 Å². The number of rotatable bonds is 4. The topological polar surface area (TPSA) is 50.9 Å². The molecule has 2 heterocycles. The molecule has 100 valence electrons. The van der Waals surface area contributed by atoms with Gasteiger partial charge in [-0.25, -0.2) is 4.98 Å². The van der Waals surface area contributed by atoms with E-state index in [2.05, 4.69) is 9.97 Å². The predicted molar refractivity (Wildman–Crippen MR) is 76.9 cm³/mol. The Kier molecular flexibility index (Phi) is 3.56. The molecular formula is C16H15N3O. The highest BCUT2D eigenvalue weighted by Gasteiger charge is 2.08. The van der Waals surface area contributed by atoms with E-state index < -0.39 is 6.10 Å². The zero-order chi connectivity index (χ0) is 13.8. The Morgan fingerprint density at radius 3 is 2.25 bits per heavy atom. The molecule has 0 aliphatic carbocycles. The van der Waals surface area contributed by atoms with Gasteiger partial charge in [-0.3, -0.25) is 4.98 Å². The molecule has 0 amide bonds. The van der Waals surface area contributed by atoms with Gasteiger partial charge in [-0.2, -0.15) is 0 Å². The zero-order valence-corrected chi connectivity index (χ0v) is 10.9. The Morgan fingerprint density at radius 2 is 1.60 bits per heavy atom. The molecule has 1 atom stereocenters. The molecule has 2 aromatic heterocycles. The molecular weight excluding hydrogens is 250 g/mol. The van der Waals surface area contributed by atoms with Crippen molar-refractivity contribution in [2.24, 2.45) is 0 Å². The Morgan fingerprint density at radius 1 is 0.900 bits per heavy atom. The van der Waals surface area contributed by atoms with Crippen LogP contribution < -0.4 is 0 Å². The summed E-state index contributed by atoms with van der Waals surface area (Å²) in [7, 11) is 0. The number of hydrogen-bond donors (Lipinski definition) is 1.